The molecule has 1 aliphatic rings. The van der Waals surface area contributed by atoms with Gasteiger partial charge in [0.05, 0.1) is 28.2 Å². The summed E-state index contributed by atoms with van der Waals surface area (Å²) in [6.45, 7) is 12.7. The van der Waals surface area contributed by atoms with E-state index in [1.54, 1.807) is 6.07 Å². The van der Waals surface area contributed by atoms with Gasteiger partial charge in [-0.2, -0.15) is 5.26 Å². The van der Waals surface area contributed by atoms with Gasteiger partial charge in [-0.05, 0) is 67.9 Å². The topological polar surface area (TPSA) is 68.1 Å². The number of nitrogens with one attached hydrogen (secondary N) is 1. The number of halogens is 1. The van der Waals surface area contributed by atoms with Gasteiger partial charge in [0.15, 0.2) is 5.43 Å². The number of hydrogen-bond donors (Lipinski definition) is 1. The molecule has 6 nitrogen and oxygen atoms in total. The molecule has 7 heteroatoms. The van der Waals surface area contributed by atoms with E-state index in [1.165, 1.54) is 0 Å². The number of anilines is 1. The van der Waals surface area contributed by atoms with Gasteiger partial charge >= 0.3 is 0 Å². The second-order valence-electron chi connectivity index (χ2n) is 9.45. The van der Waals surface area contributed by atoms with Crippen LogP contribution in [0, 0.1) is 11.3 Å². The fraction of sp³-hybridized carbons (Fsp3) is 0.385. The molecule has 170 valence electrons. The largest absolute Gasteiger partial charge is 0.368 e. The van der Waals surface area contributed by atoms with Crippen molar-refractivity contribution in [3.05, 3.63) is 50.6 Å². The van der Waals surface area contributed by atoms with E-state index in [1.807, 2.05) is 18.2 Å². The maximum absolute atomic E-state index is 13.7. The van der Waals surface area contributed by atoms with E-state index < -0.39 is 0 Å². The van der Waals surface area contributed by atoms with E-state index in [-0.39, 0.29) is 11.5 Å². The van der Waals surface area contributed by atoms with Crippen molar-refractivity contribution in [2.45, 2.75) is 39.8 Å². The van der Waals surface area contributed by atoms with Crippen molar-refractivity contribution in [1.29, 1.82) is 5.26 Å². The highest BCUT2D eigenvalue weighted by Gasteiger charge is 2.23. The molecule has 1 N–H and O–H groups in total. The zero-order valence-corrected chi connectivity index (χ0v) is 21.0. The summed E-state index contributed by atoms with van der Waals surface area (Å²) in [7, 11) is 0. The fourth-order valence-corrected chi connectivity index (χ4v) is 5.70. The number of pyridine rings is 1. The Bertz CT molecular complexity index is 1480. The van der Waals surface area contributed by atoms with Gasteiger partial charge in [-0.1, -0.05) is 6.07 Å². The summed E-state index contributed by atoms with van der Waals surface area (Å²) >= 11 is 3.77. The number of aromatic amines is 1. The van der Waals surface area contributed by atoms with Crippen LogP contribution in [0.1, 0.15) is 39.3 Å². The van der Waals surface area contributed by atoms with E-state index in [2.05, 4.69) is 75.1 Å². The van der Waals surface area contributed by atoms with Crippen LogP contribution in [0.4, 0.5) is 5.69 Å². The summed E-state index contributed by atoms with van der Waals surface area (Å²) < 4.78 is 3.17. The maximum atomic E-state index is 13.7. The standard InChI is InChI=1S/C26H28BrN5O/c1-15(2)30-7-9-31(10-8-30)23-13-22-19(12-20(23)27)25(33)24-18-6-5-17(14-28)11-21(18)29-26(24)32(22)16(3)4/h5-6,11-13,15-16,29H,7-10H2,1-4H3. The smallest absolute Gasteiger partial charge is 0.199 e. The molecule has 5 rings (SSSR count). The molecule has 0 bridgehead atoms. The lowest BCUT2D eigenvalue weighted by Crippen LogP contribution is -2.49. The fourth-order valence-electron chi connectivity index (χ4n) is 5.11. The number of benzene rings is 2. The van der Waals surface area contributed by atoms with Crippen molar-refractivity contribution in [3.8, 4) is 6.07 Å². The van der Waals surface area contributed by atoms with Gasteiger partial charge in [0.25, 0.3) is 0 Å². The summed E-state index contributed by atoms with van der Waals surface area (Å²) in [6.07, 6.45) is 0. The Labute approximate surface area is 201 Å². The summed E-state index contributed by atoms with van der Waals surface area (Å²) in [5.41, 5.74) is 4.28. The lowest BCUT2D eigenvalue weighted by Gasteiger charge is -2.38. The van der Waals surface area contributed by atoms with Crippen molar-refractivity contribution in [1.82, 2.24) is 14.5 Å². The first kappa shape index (κ1) is 22.0. The van der Waals surface area contributed by atoms with Crippen LogP contribution in [-0.4, -0.2) is 46.7 Å². The monoisotopic (exact) mass is 505 g/mol. The predicted octanol–water partition coefficient (Wildman–Crippen LogP) is 5.38. The third-order valence-electron chi connectivity index (χ3n) is 6.85. The van der Waals surface area contributed by atoms with Gasteiger partial charge in [0.1, 0.15) is 5.65 Å². The highest BCUT2D eigenvalue weighted by molar-refractivity contribution is 9.10. The van der Waals surface area contributed by atoms with Gasteiger partial charge < -0.3 is 14.5 Å². The van der Waals surface area contributed by atoms with Crippen LogP contribution in [0.25, 0.3) is 32.8 Å². The first-order valence-electron chi connectivity index (χ1n) is 11.5. The lowest BCUT2D eigenvalue weighted by atomic mass is 10.1. The van der Waals surface area contributed by atoms with Gasteiger partial charge in [-0.25, -0.2) is 0 Å². The predicted molar refractivity (Wildman–Crippen MR) is 139 cm³/mol. The number of nitrogens with zero attached hydrogens (tertiary/aromatic N) is 4. The van der Waals surface area contributed by atoms with Gasteiger partial charge in [-0.15, -0.1) is 0 Å². The highest BCUT2D eigenvalue weighted by Crippen LogP contribution is 2.35. The van der Waals surface area contributed by atoms with E-state index in [0.29, 0.717) is 22.4 Å². The molecule has 0 radical (unpaired) electrons. The summed E-state index contributed by atoms with van der Waals surface area (Å²) in [4.78, 5) is 22.1. The molecule has 4 aromatic rings. The number of H-pyrrole nitrogens is 1. The van der Waals surface area contributed by atoms with Crippen LogP contribution in [0.5, 0.6) is 0 Å². The number of hydrogen-bond acceptors (Lipinski definition) is 4. The Hall–Kier alpha value is -2.82. The second kappa shape index (κ2) is 8.19. The molecule has 2 aromatic heterocycles. The third-order valence-corrected chi connectivity index (χ3v) is 7.48. The third kappa shape index (κ3) is 3.53. The minimum atomic E-state index is 0.0183. The molecule has 2 aromatic carbocycles. The zero-order valence-electron chi connectivity index (χ0n) is 19.4. The normalized spacial score (nSPS) is 15.4. The van der Waals surface area contributed by atoms with Crippen LogP contribution >= 0.6 is 15.9 Å². The van der Waals surface area contributed by atoms with Crippen LogP contribution in [0.15, 0.2) is 39.6 Å². The van der Waals surface area contributed by atoms with Crippen LogP contribution in [0.2, 0.25) is 0 Å². The molecule has 1 aliphatic heterocycles. The second-order valence-corrected chi connectivity index (χ2v) is 10.3. The Morgan fingerprint density at radius 1 is 1.00 bits per heavy atom. The number of rotatable bonds is 3. The van der Waals surface area contributed by atoms with E-state index in [4.69, 9.17) is 0 Å². The Balaban J connectivity index is 1.75. The summed E-state index contributed by atoms with van der Waals surface area (Å²) in [5.74, 6) is 0. The molecule has 1 saturated heterocycles. The van der Waals surface area contributed by atoms with Gasteiger partial charge in [0.2, 0.25) is 0 Å². The molecule has 0 amide bonds. The Morgan fingerprint density at radius 3 is 2.36 bits per heavy atom. The van der Waals surface area contributed by atoms with Crippen molar-refractivity contribution in [2.75, 3.05) is 31.1 Å². The number of aromatic nitrogens is 2. The number of nitriles is 1. The molecular formula is C26H28BrN5O. The molecule has 0 aliphatic carbocycles. The average molecular weight is 506 g/mol. The molecule has 0 atom stereocenters. The SMILES string of the molecule is CC(C)N1CCN(c2cc3c(cc2Br)c(=O)c2c4ccc(C#N)cc4[nH]c2n3C(C)C)CC1. The molecule has 0 spiro atoms. The van der Waals surface area contributed by atoms with Crippen LogP contribution < -0.4 is 10.3 Å². The van der Waals surface area contributed by atoms with Crippen LogP contribution in [0.3, 0.4) is 0 Å². The number of fused-ring (bicyclic) bond motifs is 4. The maximum Gasteiger partial charge on any atom is 0.199 e. The minimum Gasteiger partial charge on any atom is -0.368 e. The highest BCUT2D eigenvalue weighted by atomic mass is 79.9. The van der Waals surface area contributed by atoms with Gasteiger partial charge in [0, 0.05) is 59.0 Å². The first-order chi connectivity index (χ1) is 15.8. The van der Waals surface area contributed by atoms with E-state index in [0.717, 1.165) is 58.4 Å². The van der Waals surface area contributed by atoms with Crippen molar-refractivity contribution >= 4 is 54.5 Å². The molecular weight excluding hydrogens is 478 g/mol. The van der Waals surface area contributed by atoms with Crippen molar-refractivity contribution < 1.29 is 0 Å². The number of piperazine rings is 1. The first-order valence-corrected chi connectivity index (χ1v) is 12.3. The average Bonchev–Trinajstić information content (AvgIpc) is 3.17. The molecule has 0 unspecified atom stereocenters. The lowest BCUT2D eigenvalue weighted by molar-refractivity contribution is 0.209. The minimum absolute atomic E-state index is 0.0183. The quantitative estimate of drug-likeness (QED) is 0.405. The summed E-state index contributed by atoms with van der Waals surface area (Å²) in [6, 6.07) is 12.5. The Kier molecular flexibility index (Phi) is 5.46. The van der Waals surface area contributed by atoms with E-state index >= 15 is 0 Å². The van der Waals surface area contributed by atoms with Crippen LogP contribution in [-0.2, 0) is 0 Å². The van der Waals surface area contributed by atoms with Crippen molar-refractivity contribution in [2.24, 2.45) is 0 Å². The van der Waals surface area contributed by atoms with E-state index in [9.17, 15) is 10.1 Å². The van der Waals surface area contributed by atoms with Gasteiger partial charge in [-0.3, -0.25) is 9.69 Å². The zero-order chi connectivity index (χ0) is 23.4. The molecule has 1 fully saturated rings. The molecule has 3 heterocycles. The van der Waals surface area contributed by atoms with Crippen molar-refractivity contribution in [3.63, 3.8) is 0 Å². The summed E-state index contributed by atoms with van der Waals surface area (Å²) in [5, 5.41) is 11.6. The molecule has 0 saturated carbocycles. The Morgan fingerprint density at radius 2 is 1.73 bits per heavy atom. The molecule has 33 heavy (non-hydrogen) atoms.